The average molecular weight is 404 g/mol. The molecule has 1 aromatic rings. The van der Waals surface area contributed by atoms with Crippen molar-refractivity contribution in [2.75, 3.05) is 26.3 Å². The Morgan fingerprint density at radius 2 is 1.92 bits per heavy atom. The van der Waals surface area contributed by atoms with Gasteiger partial charge in [-0.05, 0) is 37.8 Å². The number of morpholine rings is 1. The highest BCUT2D eigenvalue weighted by atomic mass is 32.2. The Bertz CT molecular complexity index is 707. The Morgan fingerprint density at radius 1 is 1.23 bits per heavy atom. The molecule has 146 valence electrons. The number of carbonyl (C=O) groups excluding carboxylic acids is 1. The molecule has 1 aliphatic carbocycles. The fraction of sp³-hybridized carbons (Fsp3) is 0.688. The highest BCUT2D eigenvalue weighted by Crippen LogP contribution is 2.25. The summed E-state index contributed by atoms with van der Waals surface area (Å²) in [5.74, 6) is 0. The number of nitrogens with one attached hydrogen (secondary N) is 2. The maximum atomic E-state index is 12.6. The van der Waals surface area contributed by atoms with Gasteiger partial charge in [0.05, 0.1) is 25.9 Å². The van der Waals surface area contributed by atoms with Crippen molar-refractivity contribution in [2.24, 2.45) is 0 Å². The highest BCUT2D eigenvalue weighted by Gasteiger charge is 2.27. The van der Waals surface area contributed by atoms with E-state index in [0.29, 0.717) is 39.1 Å². The molecule has 8 nitrogen and oxygen atoms in total. The van der Waals surface area contributed by atoms with Crippen molar-refractivity contribution >= 4 is 27.4 Å². The number of ether oxygens (including phenoxy) is 1. The zero-order valence-electron chi connectivity index (χ0n) is 14.5. The van der Waals surface area contributed by atoms with Crippen LogP contribution in [-0.4, -0.2) is 62.3 Å². The molecule has 2 fully saturated rings. The lowest BCUT2D eigenvalue weighted by atomic mass is 9.93. The van der Waals surface area contributed by atoms with Crippen LogP contribution in [0.15, 0.2) is 16.3 Å². The van der Waals surface area contributed by atoms with Gasteiger partial charge in [0, 0.05) is 24.0 Å². The molecule has 0 spiro atoms. The second-order valence-corrected chi connectivity index (χ2v) is 9.90. The number of rotatable bonds is 5. The van der Waals surface area contributed by atoms with Gasteiger partial charge in [0.15, 0.2) is 0 Å². The van der Waals surface area contributed by atoms with Crippen LogP contribution in [0.25, 0.3) is 0 Å². The number of hydrogen-bond donors (Lipinski definition) is 3. The monoisotopic (exact) mass is 403 g/mol. The normalized spacial score (nSPS) is 25.0. The summed E-state index contributed by atoms with van der Waals surface area (Å²) in [4.78, 5) is 12.8. The fourth-order valence-electron chi connectivity index (χ4n) is 3.13. The summed E-state index contributed by atoms with van der Waals surface area (Å²) in [6.45, 7) is 1.85. The maximum Gasteiger partial charge on any atom is 0.315 e. The van der Waals surface area contributed by atoms with Gasteiger partial charge in [-0.25, -0.2) is 13.2 Å². The third-order valence-electron chi connectivity index (χ3n) is 4.66. The molecule has 2 aliphatic rings. The summed E-state index contributed by atoms with van der Waals surface area (Å²) in [6, 6.07) is 3.14. The Balaban J connectivity index is 1.49. The van der Waals surface area contributed by atoms with Crippen molar-refractivity contribution in [3.63, 3.8) is 0 Å². The second kappa shape index (κ2) is 8.66. The Morgan fingerprint density at radius 3 is 2.62 bits per heavy atom. The summed E-state index contributed by atoms with van der Waals surface area (Å²) in [6.07, 6.45) is 2.71. The molecule has 1 saturated carbocycles. The quantitative estimate of drug-likeness (QED) is 0.676. The molecule has 26 heavy (non-hydrogen) atoms. The number of aliphatic hydroxyl groups excluding tert-OH is 1. The van der Waals surface area contributed by atoms with Crippen LogP contribution < -0.4 is 10.6 Å². The molecule has 1 aromatic heterocycles. The van der Waals surface area contributed by atoms with E-state index in [2.05, 4.69) is 10.6 Å². The Kier molecular flexibility index (Phi) is 6.51. The van der Waals surface area contributed by atoms with E-state index in [1.165, 1.54) is 15.6 Å². The van der Waals surface area contributed by atoms with Crippen molar-refractivity contribution < 1.29 is 23.1 Å². The van der Waals surface area contributed by atoms with E-state index in [1.807, 2.05) is 0 Å². The van der Waals surface area contributed by atoms with Crippen molar-refractivity contribution in [3.05, 3.63) is 17.0 Å². The van der Waals surface area contributed by atoms with E-state index in [1.54, 1.807) is 12.1 Å². The van der Waals surface area contributed by atoms with Crippen LogP contribution in [0.5, 0.6) is 0 Å². The molecule has 1 saturated heterocycles. The molecule has 0 radical (unpaired) electrons. The molecule has 10 heteroatoms. The van der Waals surface area contributed by atoms with Gasteiger partial charge in [0.25, 0.3) is 10.0 Å². The van der Waals surface area contributed by atoms with E-state index in [-0.39, 0.29) is 28.9 Å². The van der Waals surface area contributed by atoms with E-state index in [0.717, 1.165) is 17.7 Å². The first-order chi connectivity index (χ1) is 12.4. The third kappa shape index (κ3) is 4.95. The SMILES string of the molecule is O=C(NCc1ccc(S(=O)(=O)N2CCOCC2)s1)NC1CCC(O)CC1. The van der Waals surface area contributed by atoms with E-state index < -0.39 is 10.0 Å². The van der Waals surface area contributed by atoms with Gasteiger partial charge in [0.2, 0.25) is 0 Å². The summed E-state index contributed by atoms with van der Waals surface area (Å²) < 4.78 is 32.1. The van der Waals surface area contributed by atoms with Gasteiger partial charge >= 0.3 is 6.03 Å². The predicted molar refractivity (Wildman–Crippen MR) is 97.5 cm³/mol. The number of thiophene rings is 1. The smallest absolute Gasteiger partial charge is 0.315 e. The fourth-order valence-corrected chi connectivity index (χ4v) is 5.99. The minimum absolute atomic E-state index is 0.0824. The predicted octanol–water partition coefficient (Wildman–Crippen LogP) is 0.872. The number of aliphatic hydroxyl groups is 1. The molecule has 1 aliphatic heterocycles. The molecule has 0 unspecified atom stereocenters. The van der Waals surface area contributed by atoms with Gasteiger partial charge < -0.3 is 20.5 Å². The number of urea groups is 1. The van der Waals surface area contributed by atoms with Crippen molar-refractivity contribution in [1.82, 2.24) is 14.9 Å². The third-order valence-corrected chi connectivity index (χ3v) is 8.11. The van der Waals surface area contributed by atoms with Crippen molar-refractivity contribution in [2.45, 2.75) is 48.6 Å². The Hall–Kier alpha value is -1.20. The van der Waals surface area contributed by atoms with E-state index >= 15 is 0 Å². The maximum absolute atomic E-state index is 12.6. The highest BCUT2D eigenvalue weighted by molar-refractivity contribution is 7.91. The number of nitrogens with zero attached hydrogens (tertiary/aromatic N) is 1. The van der Waals surface area contributed by atoms with Crippen LogP contribution in [0, 0.1) is 0 Å². The van der Waals surface area contributed by atoms with Crippen LogP contribution >= 0.6 is 11.3 Å². The van der Waals surface area contributed by atoms with E-state index in [9.17, 15) is 18.3 Å². The first-order valence-corrected chi connectivity index (χ1v) is 11.1. The molecular weight excluding hydrogens is 378 g/mol. The molecule has 2 amide bonds. The summed E-state index contributed by atoms with van der Waals surface area (Å²) >= 11 is 1.18. The molecule has 3 N–H and O–H groups in total. The lowest BCUT2D eigenvalue weighted by molar-refractivity contribution is 0.0731. The summed E-state index contributed by atoms with van der Waals surface area (Å²) in [5.41, 5.74) is 0. The van der Waals surface area contributed by atoms with Crippen LogP contribution in [0.1, 0.15) is 30.6 Å². The van der Waals surface area contributed by atoms with Gasteiger partial charge in [0.1, 0.15) is 4.21 Å². The standard InChI is InChI=1S/C16H25N3O5S2/c20-13-3-1-12(2-4-13)18-16(21)17-11-14-5-6-15(25-14)26(22,23)19-7-9-24-10-8-19/h5-6,12-13,20H,1-4,7-11H2,(H2,17,18,21). The molecule has 3 rings (SSSR count). The number of amides is 2. The van der Waals surface area contributed by atoms with Gasteiger partial charge in [-0.3, -0.25) is 0 Å². The number of carbonyl (C=O) groups is 1. The Labute approximate surface area is 157 Å². The largest absolute Gasteiger partial charge is 0.393 e. The second-order valence-electron chi connectivity index (χ2n) is 6.57. The van der Waals surface area contributed by atoms with Crippen LogP contribution in [-0.2, 0) is 21.3 Å². The molecular formula is C16H25N3O5S2. The van der Waals surface area contributed by atoms with Crippen molar-refractivity contribution in [3.8, 4) is 0 Å². The average Bonchev–Trinajstić information content (AvgIpc) is 3.13. The number of sulfonamides is 1. The molecule has 2 heterocycles. The topological polar surface area (TPSA) is 108 Å². The number of hydrogen-bond acceptors (Lipinski definition) is 6. The van der Waals surface area contributed by atoms with Crippen LogP contribution in [0.4, 0.5) is 4.79 Å². The van der Waals surface area contributed by atoms with Gasteiger partial charge in [-0.2, -0.15) is 4.31 Å². The first-order valence-electron chi connectivity index (χ1n) is 8.84. The minimum Gasteiger partial charge on any atom is -0.393 e. The summed E-state index contributed by atoms with van der Waals surface area (Å²) in [7, 11) is -3.49. The van der Waals surface area contributed by atoms with Gasteiger partial charge in [-0.15, -0.1) is 11.3 Å². The zero-order chi connectivity index (χ0) is 18.6. The lowest BCUT2D eigenvalue weighted by Crippen LogP contribution is -2.43. The van der Waals surface area contributed by atoms with Crippen LogP contribution in [0.3, 0.4) is 0 Å². The van der Waals surface area contributed by atoms with E-state index in [4.69, 9.17) is 4.74 Å². The zero-order valence-corrected chi connectivity index (χ0v) is 16.2. The summed E-state index contributed by atoms with van der Waals surface area (Å²) in [5, 5.41) is 15.2. The van der Waals surface area contributed by atoms with Crippen molar-refractivity contribution in [1.29, 1.82) is 0 Å². The van der Waals surface area contributed by atoms with Gasteiger partial charge in [-0.1, -0.05) is 0 Å². The molecule has 0 bridgehead atoms. The lowest BCUT2D eigenvalue weighted by Gasteiger charge is -2.26. The van der Waals surface area contributed by atoms with Crippen LogP contribution in [0.2, 0.25) is 0 Å². The molecule has 0 atom stereocenters. The minimum atomic E-state index is -3.49. The first kappa shape index (κ1) is 19.6. The molecule has 0 aromatic carbocycles.